The highest BCUT2D eigenvalue weighted by atomic mass is 14.6. The number of unbranched alkanes of at least 4 members (excludes halogenated alkanes) is 3. The molecule has 92 valence electrons. The topological polar surface area (TPSA) is 52.0 Å². The minimum absolute atomic E-state index is 0.739. The van der Waals surface area contributed by atoms with Gasteiger partial charge in [-0.15, -0.1) is 0 Å². The van der Waals surface area contributed by atoms with Crippen LogP contribution in [0.25, 0.3) is 0 Å². The molecule has 2 nitrogen and oxygen atoms in total. The second-order valence-electron chi connectivity index (χ2n) is 4.75. The van der Waals surface area contributed by atoms with Gasteiger partial charge in [-0.05, 0) is 37.8 Å². The first-order chi connectivity index (χ1) is 7.26. The molecule has 0 aliphatic rings. The first-order valence-corrected chi connectivity index (χ1v) is 6.66. The average Bonchev–Trinajstić information content (AvgIpc) is 2.25. The fourth-order valence-corrected chi connectivity index (χ4v) is 2.12. The van der Waals surface area contributed by atoms with Crippen LogP contribution in [-0.4, -0.2) is 13.1 Å². The molecule has 2 heteroatoms. The third-order valence-corrected chi connectivity index (χ3v) is 3.40. The molecule has 0 amide bonds. The van der Waals surface area contributed by atoms with Gasteiger partial charge in [0.1, 0.15) is 0 Å². The van der Waals surface area contributed by atoms with Gasteiger partial charge in [0.15, 0.2) is 0 Å². The molecule has 0 aliphatic carbocycles. The second kappa shape index (κ2) is 10.4. The zero-order chi connectivity index (χ0) is 11.5. The summed E-state index contributed by atoms with van der Waals surface area (Å²) in [6.45, 7) is 6.30. The van der Waals surface area contributed by atoms with E-state index in [1.807, 2.05) is 0 Å². The van der Waals surface area contributed by atoms with E-state index in [9.17, 15) is 0 Å². The Morgan fingerprint density at radius 2 is 1.67 bits per heavy atom. The van der Waals surface area contributed by atoms with Crippen molar-refractivity contribution in [1.29, 1.82) is 0 Å². The maximum atomic E-state index is 5.82. The van der Waals surface area contributed by atoms with Gasteiger partial charge in [0, 0.05) is 0 Å². The lowest BCUT2D eigenvalue weighted by Gasteiger charge is -2.22. The smallest absolute Gasteiger partial charge is 0.00463 e. The van der Waals surface area contributed by atoms with E-state index in [-0.39, 0.29) is 0 Å². The number of hydrogen-bond acceptors (Lipinski definition) is 2. The first-order valence-electron chi connectivity index (χ1n) is 6.66. The molecule has 2 atom stereocenters. The first kappa shape index (κ1) is 14.9. The van der Waals surface area contributed by atoms with E-state index >= 15 is 0 Å². The number of nitrogens with two attached hydrogens (primary N) is 2. The number of rotatable bonds is 10. The van der Waals surface area contributed by atoms with Crippen LogP contribution in [0, 0.1) is 11.8 Å². The fraction of sp³-hybridized carbons (Fsp3) is 1.00. The molecule has 0 aromatic heterocycles. The second-order valence-corrected chi connectivity index (χ2v) is 4.75. The highest BCUT2D eigenvalue weighted by Gasteiger charge is 2.14. The minimum atomic E-state index is 0.739. The summed E-state index contributed by atoms with van der Waals surface area (Å²) in [5, 5.41) is 0. The Hall–Kier alpha value is -0.0800. The highest BCUT2D eigenvalue weighted by Crippen LogP contribution is 2.22. The molecule has 15 heavy (non-hydrogen) atoms. The van der Waals surface area contributed by atoms with Crippen LogP contribution >= 0.6 is 0 Å². The fourth-order valence-electron chi connectivity index (χ4n) is 2.12. The molecule has 0 rings (SSSR count). The van der Waals surface area contributed by atoms with Crippen molar-refractivity contribution in [3.63, 3.8) is 0 Å². The zero-order valence-electron chi connectivity index (χ0n) is 10.7. The molecule has 0 radical (unpaired) electrons. The van der Waals surface area contributed by atoms with E-state index in [1.165, 1.54) is 44.9 Å². The average molecular weight is 214 g/mol. The largest absolute Gasteiger partial charge is 0.330 e. The van der Waals surface area contributed by atoms with E-state index in [1.54, 1.807) is 0 Å². The van der Waals surface area contributed by atoms with E-state index < -0.39 is 0 Å². The van der Waals surface area contributed by atoms with Gasteiger partial charge in [0.05, 0.1) is 0 Å². The Kier molecular flexibility index (Phi) is 10.4. The third-order valence-electron chi connectivity index (χ3n) is 3.40. The maximum absolute atomic E-state index is 5.82. The summed E-state index contributed by atoms with van der Waals surface area (Å²) in [4.78, 5) is 0. The summed E-state index contributed by atoms with van der Waals surface area (Å²) in [5.74, 6) is 1.53. The van der Waals surface area contributed by atoms with Crippen LogP contribution in [0.2, 0.25) is 0 Å². The van der Waals surface area contributed by atoms with Gasteiger partial charge in [-0.3, -0.25) is 0 Å². The molecule has 0 aromatic carbocycles. The zero-order valence-corrected chi connectivity index (χ0v) is 10.7. The Morgan fingerprint density at radius 1 is 0.933 bits per heavy atom. The maximum Gasteiger partial charge on any atom is -0.00463 e. The highest BCUT2D eigenvalue weighted by molar-refractivity contribution is 4.67. The van der Waals surface area contributed by atoms with Crippen molar-refractivity contribution in [1.82, 2.24) is 0 Å². The third kappa shape index (κ3) is 7.80. The van der Waals surface area contributed by atoms with Crippen molar-refractivity contribution < 1.29 is 0 Å². The molecule has 2 unspecified atom stereocenters. The predicted octanol–water partition coefficient (Wildman–Crippen LogP) is 2.91. The van der Waals surface area contributed by atoms with Crippen LogP contribution in [0.1, 0.15) is 58.8 Å². The SMILES string of the molecule is CCCCC(CN)C(C)CCCCCN. The van der Waals surface area contributed by atoms with Crippen molar-refractivity contribution >= 4 is 0 Å². The van der Waals surface area contributed by atoms with Gasteiger partial charge in [0.25, 0.3) is 0 Å². The van der Waals surface area contributed by atoms with E-state index in [2.05, 4.69) is 13.8 Å². The molecule has 4 N–H and O–H groups in total. The van der Waals surface area contributed by atoms with Crippen LogP contribution in [0.3, 0.4) is 0 Å². The van der Waals surface area contributed by atoms with Gasteiger partial charge < -0.3 is 11.5 Å². The normalized spacial score (nSPS) is 15.2. The van der Waals surface area contributed by atoms with Crippen molar-refractivity contribution in [3.05, 3.63) is 0 Å². The monoisotopic (exact) mass is 214 g/mol. The van der Waals surface area contributed by atoms with Crippen molar-refractivity contribution in [2.24, 2.45) is 23.3 Å². The van der Waals surface area contributed by atoms with Gasteiger partial charge in [-0.2, -0.15) is 0 Å². The minimum Gasteiger partial charge on any atom is -0.330 e. The summed E-state index contributed by atoms with van der Waals surface area (Å²) in [5.41, 5.74) is 11.3. The molecule has 0 saturated carbocycles. The van der Waals surface area contributed by atoms with Crippen molar-refractivity contribution in [3.8, 4) is 0 Å². The van der Waals surface area contributed by atoms with E-state index in [4.69, 9.17) is 11.5 Å². The van der Waals surface area contributed by atoms with Crippen LogP contribution in [0.4, 0.5) is 0 Å². The molecule has 0 spiro atoms. The Labute approximate surface area is 95.8 Å². The lowest BCUT2D eigenvalue weighted by atomic mass is 9.86. The lowest BCUT2D eigenvalue weighted by Crippen LogP contribution is -2.21. The molecule has 0 aliphatic heterocycles. The summed E-state index contributed by atoms with van der Waals surface area (Å²) in [6, 6.07) is 0. The van der Waals surface area contributed by atoms with Crippen molar-refractivity contribution in [2.45, 2.75) is 58.8 Å². The quantitative estimate of drug-likeness (QED) is 0.549. The summed E-state index contributed by atoms with van der Waals surface area (Å²) in [6.07, 6.45) is 9.03. The lowest BCUT2D eigenvalue weighted by molar-refractivity contribution is 0.309. The molecular weight excluding hydrogens is 184 g/mol. The summed E-state index contributed by atoms with van der Waals surface area (Å²) < 4.78 is 0. The molecule has 0 aromatic rings. The molecule has 0 heterocycles. The Bertz CT molecular complexity index is 126. The summed E-state index contributed by atoms with van der Waals surface area (Å²) >= 11 is 0. The predicted molar refractivity (Wildman–Crippen MR) is 68.8 cm³/mol. The standard InChI is InChI=1S/C13H30N2/c1-3-4-9-13(11-15)12(2)8-6-5-7-10-14/h12-13H,3-11,14-15H2,1-2H3. The summed E-state index contributed by atoms with van der Waals surface area (Å²) in [7, 11) is 0. The van der Waals surface area contributed by atoms with Crippen LogP contribution in [0.5, 0.6) is 0 Å². The Balaban J connectivity index is 3.58. The molecular formula is C13H30N2. The van der Waals surface area contributed by atoms with Gasteiger partial charge >= 0.3 is 0 Å². The van der Waals surface area contributed by atoms with Gasteiger partial charge in [0.2, 0.25) is 0 Å². The van der Waals surface area contributed by atoms with Gasteiger partial charge in [-0.1, -0.05) is 46.0 Å². The molecule has 0 bridgehead atoms. The van der Waals surface area contributed by atoms with E-state index in [0.29, 0.717) is 0 Å². The Morgan fingerprint density at radius 3 is 2.20 bits per heavy atom. The van der Waals surface area contributed by atoms with E-state index in [0.717, 1.165) is 24.9 Å². The van der Waals surface area contributed by atoms with Crippen LogP contribution in [0.15, 0.2) is 0 Å². The van der Waals surface area contributed by atoms with Crippen LogP contribution in [-0.2, 0) is 0 Å². The molecule has 0 fully saturated rings. The number of hydrogen-bond donors (Lipinski definition) is 2. The van der Waals surface area contributed by atoms with Gasteiger partial charge in [-0.25, -0.2) is 0 Å². The molecule has 0 saturated heterocycles. The van der Waals surface area contributed by atoms with Crippen molar-refractivity contribution in [2.75, 3.05) is 13.1 Å². The van der Waals surface area contributed by atoms with Crippen LogP contribution < -0.4 is 11.5 Å².